The van der Waals surface area contributed by atoms with Gasteiger partial charge in [-0.2, -0.15) is 4.98 Å². The van der Waals surface area contributed by atoms with Gasteiger partial charge in [-0.1, -0.05) is 12.1 Å². The molecule has 1 aliphatic heterocycles. The molecule has 6 nitrogen and oxygen atoms in total. The van der Waals surface area contributed by atoms with Crippen molar-refractivity contribution in [3.8, 4) is 11.3 Å². The highest BCUT2D eigenvalue weighted by Gasteiger charge is 2.18. The van der Waals surface area contributed by atoms with Gasteiger partial charge >= 0.3 is 0 Å². The van der Waals surface area contributed by atoms with Gasteiger partial charge in [-0.25, -0.2) is 9.37 Å². The number of hydrogen-bond donors (Lipinski definition) is 1. The minimum absolute atomic E-state index is 0.285. The summed E-state index contributed by atoms with van der Waals surface area (Å²) in [5, 5.41) is 8.23. The molecular formula is C19H22FN5O. The van der Waals surface area contributed by atoms with Crippen LogP contribution in [0.25, 0.3) is 22.4 Å². The van der Waals surface area contributed by atoms with Crippen LogP contribution in [0.4, 0.5) is 10.2 Å². The second-order valence-corrected chi connectivity index (χ2v) is 6.89. The Bertz CT molecular complexity index is 871. The van der Waals surface area contributed by atoms with E-state index >= 15 is 0 Å². The molecule has 0 radical (unpaired) electrons. The fourth-order valence-corrected chi connectivity index (χ4v) is 3.34. The number of hydrogen-bond acceptors (Lipinski definition) is 6. The van der Waals surface area contributed by atoms with E-state index in [0.717, 1.165) is 43.0 Å². The number of benzene rings is 1. The van der Waals surface area contributed by atoms with E-state index in [1.165, 1.54) is 31.3 Å². The van der Waals surface area contributed by atoms with Crippen molar-refractivity contribution in [2.45, 2.75) is 19.8 Å². The highest BCUT2D eigenvalue weighted by molar-refractivity contribution is 5.97. The van der Waals surface area contributed by atoms with Gasteiger partial charge in [0.2, 0.25) is 0 Å². The molecule has 136 valence electrons. The summed E-state index contributed by atoms with van der Waals surface area (Å²) in [6.07, 6.45) is 3.99. The van der Waals surface area contributed by atoms with Crippen molar-refractivity contribution in [2.75, 3.05) is 31.5 Å². The lowest BCUT2D eigenvalue weighted by Gasteiger charge is -2.30. The van der Waals surface area contributed by atoms with Gasteiger partial charge in [0, 0.05) is 18.7 Å². The van der Waals surface area contributed by atoms with Crippen LogP contribution in [-0.4, -0.2) is 46.2 Å². The summed E-state index contributed by atoms with van der Waals surface area (Å²) in [4.78, 5) is 11.0. The van der Waals surface area contributed by atoms with E-state index in [0.29, 0.717) is 17.2 Å². The van der Waals surface area contributed by atoms with Crippen LogP contribution in [0.5, 0.6) is 0 Å². The van der Waals surface area contributed by atoms with Crippen molar-refractivity contribution < 1.29 is 8.91 Å². The minimum atomic E-state index is -0.285. The Hall–Kier alpha value is -2.54. The average Bonchev–Trinajstić information content (AvgIpc) is 3.09. The number of fused-ring (bicyclic) bond motifs is 1. The quantitative estimate of drug-likeness (QED) is 0.755. The van der Waals surface area contributed by atoms with Crippen LogP contribution in [-0.2, 0) is 0 Å². The molecule has 1 fully saturated rings. The molecule has 2 aromatic heterocycles. The van der Waals surface area contributed by atoms with E-state index in [1.54, 1.807) is 12.1 Å². The molecular weight excluding hydrogens is 333 g/mol. The lowest BCUT2D eigenvalue weighted by atomic mass is 9.99. The molecule has 0 amide bonds. The van der Waals surface area contributed by atoms with Crippen LogP contribution in [0, 0.1) is 11.7 Å². The van der Waals surface area contributed by atoms with Crippen molar-refractivity contribution in [3.63, 3.8) is 0 Å². The smallest absolute Gasteiger partial charge is 0.263 e. The topological polar surface area (TPSA) is 67.1 Å². The number of nitrogens with zero attached hydrogens (tertiary/aromatic N) is 4. The summed E-state index contributed by atoms with van der Waals surface area (Å²) in [5.74, 6) is 1.24. The SMILES string of the molecule is CC1CCN(CCNc2ncnc3onc(-c4ccc(F)cc4)c23)CC1. The van der Waals surface area contributed by atoms with E-state index in [-0.39, 0.29) is 5.82 Å². The van der Waals surface area contributed by atoms with Gasteiger partial charge in [0.05, 0.1) is 0 Å². The average molecular weight is 355 g/mol. The number of likely N-dealkylation sites (tertiary alicyclic amines) is 1. The summed E-state index contributed by atoms with van der Waals surface area (Å²) in [7, 11) is 0. The predicted octanol–water partition coefficient (Wildman–Crippen LogP) is 3.57. The number of halogens is 1. The molecule has 0 unspecified atom stereocenters. The number of aromatic nitrogens is 3. The van der Waals surface area contributed by atoms with E-state index in [2.05, 4.69) is 32.3 Å². The third-order valence-electron chi connectivity index (χ3n) is 4.99. The molecule has 1 aliphatic rings. The van der Waals surface area contributed by atoms with Crippen LogP contribution < -0.4 is 5.32 Å². The first-order valence-electron chi connectivity index (χ1n) is 9.03. The Labute approximate surface area is 151 Å². The normalized spacial score (nSPS) is 16.2. The highest BCUT2D eigenvalue weighted by Crippen LogP contribution is 2.31. The first-order chi connectivity index (χ1) is 12.7. The third kappa shape index (κ3) is 3.53. The van der Waals surface area contributed by atoms with Gasteiger partial charge < -0.3 is 14.7 Å². The monoisotopic (exact) mass is 355 g/mol. The molecule has 1 saturated heterocycles. The van der Waals surface area contributed by atoms with Crippen LogP contribution in [0.1, 0.15) is 19.8 Å². The molecule has 0 saturated carbocycles. The molecule has 26 heavy (non-hydrogen) atoms. The Morgan fingerprint density at radius 2 is 1.96 bits per heavy atom. The van der Waals surface area contributed by atoms with Gasteiger partial charge in [-0.3, -0.25) is 0 Å². The number of rotatable bonds is 5. The Morgan fingerprint density at radius 3 is 2.73 bits per heavy atom. The molecule has 7 heteroatoms. The first kappa shape index (κ1) is 16.9. The molecule has 0 spiro atoms. The maximum atomic E-state index is 13.2. The molecule has 0 bridgehead atoms. The minimum Gasteiger partial charge on any atom is -0.368 e. The largest absolute Gasteiger partial charge is 0.368 e. The Balaban J connectivity index is 1.52. The standard InChI is InChI=1S/C19H22FN5O/c1-13-6-9-25(10-7-13)11-8-21-18-16-17(14-2-4-15(20)5-3-14)24-26-19(16)23-12-22-18/h2-5,12-13H,6-11H2,1H3,(H,21,22,23). The number of piperidine rings is 1. The Kier molecular flexibility index (Phi) is 4.79. The van der Waals surface area contributed by atoms with Gasteiger partial charge in [0.15, 0.2) is 0 Å². The fraction of sp³-hybridized carbons (Fsp3) is 0.421. The van der Waals surface area contributed by atoms with E-state index in [4.69, 9.17) is 4.52 Å². The summed E-state index contributed by atoms with van der Waals surface area (Å²) in [6, 6.07) is 6.17. The summed E-state index contributed by atoms with van der Waals surface area (Å²) in [5.41, 5.74) is 1.82. The van der Waals surface area contributed by atoms with Gasteiger partial charge in [-0.15, -0.1) is 0 Å². The van der Waals surface area contributed by atoms with Crippen LogP contribution in [0.3, 0.4) is 0 Å². The van der Waals surface area contributed by atoms with Crippen molar-refractivity contribution in [3.05, 3.63) is 36.4 Å². The zero-order valence-corrected chi connectivity index (χ0v) is 14.8. The maximum Gasteiger partial charge on any atom is 0.263 e. The zero-order chi connectivity index (χ0) is 17.9. The number of nitrogens with one attached hydrogen (secondary N) is 1. The van der Waals surface area contributed by atoms with E-state index in [9.17, 15) is 4.39 Å². The predicted molar refractivity (Wildman–Crippen MR) is 98.3 cm³/mol. The highest BCUT2D eigenvalue weighted by atomic mass is 19.1. The van der Waals surface area contributed by atoms with Gasteiger partial charge in [-0.05, 0) is 56.1 Å². The van der Waals surface area contributed by atoms with Crippen molar-refractivity contribution in [1.29, 1.82) is 0 Å². The first-order valence-corrected chi connectivity index (χ1v) is 9.03. The third-order valence-corrected chi connectivity index (χ3v) is 4.99. The lowest BCUT2D eigenvalue weighted by molar-refractivity contribution is 0.199. The zero-order valence-electron chi connectivity index (χ0n) is 14.8. The fourth-order valence-electron chi connectivity index (χ4n) is 3.34. The van der Waals surface area contributed by atoms with Crippen molar-refractivity contribution in [1.82, 2.24) is 20.0 Å². The van der Waals surface area contributed by atoms with Crippen molar-refractivity contribution >= 4 is 16.9 Å². The van der Waals surface area contributed by atoms with Crippen molar-refractivity contribution in [2.24, 2.45) is 5.92 Å². The second-order valence-electron chi connectivity index (χ2n) is 6.89. The molecule has 1 N–H and O–H groups in total. The van der Waals surface area contributed by atoms with Gasteiger partial charge in [0.25, 0.3) is 5.71 Å². The van der Waals surface area contributed by atoms with Crippen LogP contribution >= 0.6 is 0 Å². The Morgan fingerprint density at radius 1 is 1.19 bits per heavy atom. The molecule has 3 aromatic rings. The molecule has 3 heterocycles. The summed E-state index contributed by atoms with van der Waals surface area (Å²) >= 11 is 0. The maximum absolute atomic E-state index is 13.2. The molecule has 1 aromatic carbocycles. The van der Waals surface area contributed by atoms with E-state index in [1.807, 2.05) is 0 Å². The lowest BCUT2D eigenvalue weighted by Crippen LogP contribution is -2.36. The summed E-state index contributed by atoms with van der Waals surface area (Å²) < 4.78 is 18.5. The summed E-state index contributed by atoms with van der Waals surface area (Å²) in [6.45, 7) is 6.37. The second kappa shape index (κ2) is 7.37. The van der Waals surface area contributed by atoms with Gasteiger partial charge in [0.1, 0.15) is 29.0 Å². The molecule has 0 aliphatic carbocycles. The van der Waals surface area contributed by atoms with Crippen LogP contribution in [0.2, 0.25) is 0 Å². The molecule has 4 rings (SSSR count). The van der Waals surface area contributed by atoms with E-state index < -0.39 is 0 Å². The number of anilines is 1. The molecule has 0 atom stereocenters. The van der Waals surface area contributed by atoms with Crippen LogP contribution in [0.15, 0.2) is 35.1 Å².